The second kappa shape index (κ2) is 15.2. The van der Waals surface area contributed by atoms with Gasteiger partial charge in [0.2, 0.25) is 0 Å². The van der Waals surface area contributed by atoms with Gasteiger partial charge in [-0.25, -0.2) is 0 Å². The Kier molecular flexibility index (Phi) is 13.1. The highest BCUT2D eigenvalue weighted by Gasteiger charge is 2.17. The maximum Gasteiger partial charge on any atom is 0.0205 e. The number of hydrogen-bond donors (Lipinski definition) is 2. The fourth-order valence-electron chi connectivity index (χ4n) is 5.03. The molecule has 31 heavy (non-hydrogen) atoms. The number of benzene rings is 1. The van der Waals surface area contributed by atoms with Crippen molar-refractivity contribution in [1.82, 2.24) is 20.4 Å². The highest BCUT2D eigenvalue weighted by molar-refractivity contribution is 5.85. The van der Waals surface area contributed by atoms with Gasteiger partial charge in [-0.05, 0) is 103 Å². The van der Waals surface area contributed by atoms with Crippen molar-refractivity contribution < 1.29 is 0 Å². The van der Waals surface area contributed by atoms with Crippen LogP contribution in [0.25, 0.3) is 0 Å². The first-order valence-corrected chi connectivity index (χ1v) is 12.7. The van der Waals surface area contributed by atoms with Gasteiger partial charge < -0.3 is 20.4 Å². The van der Waals surface area contributed by atoms with Gasteiger partial charge in [-0.15, -0.1) is 12.4 Å². The zero-order valence-electron chi connectivity index (χ0n) is 20.1. The van der Waals surface area contributed by atoms with Gasteiger partial charge in [0.25, 0.3) is 0 Å². The molecule has 1 aromatic rings. The summed E-state index contributed by atoms with van der Waals surface area (Å²) in [6, 6.07) is 10.7. The molecule has 0 spiro atoms. The van der Waals surface area contributed by atoms with E-state index in [1.54, 1.807) is 0 Å². The van der Waals surface area contributed by atoms with Crippen LogP contribution in [0.5, 0.6) is 0 Å². The number of rotatable bonds is 12. The predicted octanol–water partition coefficient (Wildman–Crippen LogP) is 4.82. The highest BCUT2D eigenvalue weighted by atomic mass is 35.5. The minimum Gasteiger partial charge on any atom is -0.313 e. The third-order valence-electron chi connectivity index (χ3n) is 7.16. The van der Waals surface area contributed by atoms with Crippen LogP contribution >= 0.6 is 12.4 Å². The summed E-state index contributed by atoms with van der Waals surface area (Å²) in [4.78, 5) is 5.33. The van der Waals surface area contributed by atoms with E-state index < -0.39 is 0 Å². The molecule has 2 heterocycles. The number of piperidine rings is 2. The molecule has 2 saturated heterocycles. The molecule has 0 aliphatic carbocycles. The number of nitrogens with zero attached hydrogens (tertiary/aromatic N) is 2. The predicted molar refractivity (Wildman–Crippen MR) is 136 cm³/mol. The third-order valence-corrected chi connectivity index (χ3v) is 7.16. The summed E-state index contributed by atoms with van der Waals surface area (Å²) in [6.07, 6.45) is 10.9. The minimum atomic E-state index is 0. The normalized spacial score (nSPS) is 22.9. The van der Waals surface area contributed by atoms with Gasteiger partial charge in [0.15, 0.2) is 0 Å². The van der Waals surface area contributed by atoms with E-state index in [4.69, 9.17) is 0 Å². The van der Waals surface area contributed by atoms with E-state index in [0.29, 0.717) is 0 Å². The van der Waals surface area contributed by atoms with E-state index in [9.17, 15) is 0 Å². The smallest absolute Gasteiger partial charge is 0.0205 e. The lowest BCUT2D eigenvalue weighted by Gasteiger charge is -2.33. The standard InChI is InChI=1S/C26H46N4.ClH/c1-23-9-3-5-17-29(23)19-7-15-27-21-25-11-13-26(14-12-25)22-28-16-8-20-30-18-6-4-10-24(30)2;/h11-14,23-24,27-28H,3-10,15-22H2,1-2H3;1H/t23-,24-;/m1./s1. The fourth-order valence-corrected chi connectivity index (χ4v) is 5.03. The second-order valence-electron chi connectivity index (χ2n) is 9.64. The lowest BCUT2D eigenvalue weighted by Crippen LogP contribution is -2.38. The topological polar surface area (TPSA) is 30.5 Å². The molecule has 2 atom stereocenters. The summed E-state index contributed by atoms with van der Waals surface area (Å²) in [6.45, 7) is 14.1. The number of halogens is 1. The summed E-state index contributed by atoms with van der Waals surface area (Å²) < 4.78 is 0. The average Bonchev–Trinajstić information content (AvgIpc) is 2.77. The van der Waals surface area contributed by atoms with Crippen LogP contribution in [0.2, 0.25) is 0 Å². The summed E-state index contributed by atoms with van der Waals surface area (Å²) in [5, 5.41) is 7.25. The molecule has 0 aromatic heterocycles. The maximum atomic E-state index is 3.62. The SMILES string of the molecule is C[C@@H]1CCCCN1CCCNCc1ccc(CNCCCN2CCCC[C@H]2C)cc1.Cl. The summed E-state index contributed by atoms with van der Waals surface area (Å²) in [5.74, 6) is 0. The van der Waals surface area contributed by atoms with Crippen LogP contribution in [-0.2, 0) is 13.1 Å². The Morgan fingerprint density at radius 3 is 1.52 bits per heavy atom. The Morgan fingerprint density at radius 2 is 1.13 bits per heavy atom. The first-order valence-electron chi connectivity index (χ1n) is 12.7. The largest absolute Gasteiger partial charge is 0.313 e. The van der Waals surface area contributed by atoms with Gasteiger partial charge in [0.05, 0.1) is 0 Å². The van der Waals surface area contributed by atoms with Crippen molar-refractivity contribution in [1.29, 1.82) is 0 Å². The molecule has 1 aromatic carbocycles. The maximum absolute atomic E-state index is 3.62. The van der Waals surface area contributed by atoms with Crippen LogP contribution in [0.3, 0.4) is 0 Å². The van der Waals surface area contributed by atoms with Crippen molar-refractivity contribution in [3.8, 4) is 0 Å². The molecule has 2 fully saturated rings. The first kappa shape index (κ1) is 26.6. The molecular formula is C26H47ClN4. The van der Waals surface area contributed by atoms with Crippen LogP contribution in [0.15, 0.2) is 24.3 Å². The van der Waals surface area contributed by atoms with E-state index in [0.717, 1.165) is 38.3 Å². The van der Waals surface area contributed by atoms with Crippen molar-refractivity contribution in [2.75, 3.05) is 39.3 Å². The van der Waals surface area contributed by atoms with E-state index in [-0.39, 0.29) is 12.4 Å². The van der Waals surface area contributed by atoms with Crippen LogP contribution < -0.4 is 10.6 Å². The molecule has 2 N–H and O–H groups in total. The number of hydrogen-bond acceptors (Lipinski definition) is 4. The van der Waals surface area contributed by atoms with Crippen LogP contribution in [-0.4, -0.2) is 61.2 Å². The van der Waals surface area contributed by atoms with Gasteiger partial charge in [-0.2, -0.15) is 0 Å². The summed E-state index contributed by atoms with van der Waals surface area (Å²) in [7, 11) is 0. The van der Waals surface area contributed by atoms with E-state index in [1.807, 2.05) is 0 Å². The van der Waals surface area contributed by atoms with E-state index >= 15 is 0 Å². The van der Waals surface area contributed by atoms with Crippen molar-refractivity contribution in [3.05, 3.63) is 35.4 Å². The fraction of sp³-hybridized carbons (Fsp3) is 0.769. The Bertz CT molecular complexity index is 528. The molecule has 2 aliphatic heterocycles. The Balaban J connectivity index is 0.00000341. The monoisotopic (exact) mass is 450 g/mol. The third kappa shape index (κ3) is 9.79. The summed E-state index contributed by atoms with van der Waals surface area (Å²) in [5.41, 5.74) is 2.79. The molecule has 2 aliphatic rings. The zero-order valence-corrected chi connectivity index (χ0v) is 20.9. The van der Waals surface area contributed by atoms with E-state index in [1.165, 1.54) is 88.7 Å². The van der Waals surface area contributed by atoms with Crippen molar-refractivity contribution in [3.63, 3.8) is 0 Å². The number of likely N-dealkylation sites (tertiary alicyclic amines) is 2. The van der Waals surface area contributed by atoms with Crippen LogP contribution in [0, 0.1) is 0 Å². The van der Waals surface area contributed by atoms with Crippen molar-refractivity contribution in [2.24, 2.45) is 0 Å². The number of nitrogens with one attached hydrogen (secondary N) is 2. The van der Waals surface area contributed by atoms with Crippen molar-refractivity contribution in [2.45, 2.75) is 90.4 Å². The van der Waals surface area contributed by atoms with Gasteiger partial charge in [-0.1, -0.05) is 37.1 Å². The summed E-state index contributed by atoms with van der Waals surface area (Å²) >= 11 is 0. The Labute approximate surface area is 197 Å². The zero-order chi connectivity index (χ0) is 21.0. The molecule has 3 rings (SSSR count). The molecule has 178 valence electrons. The highest BCUT2D eigenvalue weighted by Crippen LogP contribution is 2.17. The Hall–Kier alpha value is -0.650. The van der Waals surface area contributed by atoms with Crippen LogP contribution in [0.4, 0.5) is 0 Å². The lowest BCUT2D eigenvalue weighted by atomic mass is 10.0. The van der Waals surface area contributed by atoms with Gasteiger partial charge >= 0.3 is 0 Å². The minimum absolute atomic E-state index is 0. The van der Waals surface area contributed by atoms with Gasteiger partial charge in [0.1, 0.15) is 0 Å². The van der Waals surface area contributed by atoms with Gasteiger partial charge in [0, 0.05) is 25.2 Å². The van der Waals surface area contributed by atoms with E-state index in [2.05, 4.69) is 58.5 Å². The molecule has 0 amide bonds. The van der Waals surface area contributed by atoms with Gasteiger partial charge in [-0.3, -0.25) is 0 Å². The quantitative estimate of drug-likeness (QED) is 0.447. The molecule has 0 unspecified atom stereocenters. The van der Waals surface area contributed by atoms with Crippen molar-refractivity contribution >= 4 is 12.4 Å². The molecule has 4 nitrogen and oxygen atoms in total. The molecule has 0 saturated carbocycles. The molecule has 5 heteroatoms. The Morgan fingerprint density at radius 1 is 0.710 bits per heavy atom. The average molecular weight is 451 g/mol. The van der Waals surface area contributed by atoms with Crippen LogP contribution in [0.1, 0.15) is 76.3 Å². The first-order chi connectivity index (χ1) is 14.7. The lowest BCUT2D eigenvalue weighted by molar-refractivity contribution is 0.159. The second-order valence-corrected chi connectivity index (χ2v) is 9.64. The molecular weight excluding hydrogens is 404 g/mol. The molecule has 0 radical (unpaired) electrons. The molecule has 0 bridgehead atoms.